The maximum atomic E-state index is 12.9. The van der Waals surface area contributed by atoms with Crippen molar-refractivity contribution in [2.45, 2.75) is 51.1 Å². The number of carbonyl (C=O) groups excluding carboxylic acids is 2. The average molecular weight is 483 g/mol. The van der Waals surface area contributed by atoms with Gasteiger partial charge < -0.3 is 19.2 Å². The third-order valence-corrected chi connectivity index (χ3v) is 8.22. The van der Waals surface area contributed by atoms with E-state index in [4.69, 9.17) is 9.72 Å². The number of benzene rings is 2. The van der Waals surface area contributed by atoms with Crippen molar-refractivity contribution in [3.8, 4) is 11.5 Å². The number of carbonyl (C=O) groups is 2. The molecule has 184 valence electrons. The molecule has 1 saturated heterocycles. The fourth-order valence-electron chi connectivity index (χ4n) is 6.23. The summed E-state index contributed by atoms with van der Waals surface area (Å²) in [5.74, 6) is 1.75. The van der Waals surface area contributed by atoms with E-state index in [1.54, 1.807) is 12.1 Å². The van der Waals surface area contributed by atoms with E-state index in [2.05, 4.69) is 38.7 Å². The summed E-state index contributed by atoms with van der Waals surface area (Å²) in [4.78, 5) is 30.2. The van der Waals surface area contributed by atoms with Gasteiger partial charge in [0.1, 0.15) is 0 Å². The Balaban J connectivity index is 1.47. The quantitative estimate of drug-likeness (QED) is 0.409. The highest BCUT2D eigenvalue weighted by Gasteiger charge is 2.31. The van der Waals surface area contributed by atoms with Crippen molar-refractivity contribution in [3.63, 3.8) is 0 Å². The average Bonchev–Trinajstić information content (AvgIpc) is 3.55. The number of ether oxygens (including phenoxy) is 1. The summed E-state index contributed by atoms with van der Waals surface area (Å²) >= 11 is 0. The topological polar surface area (TPSA) is 78.2 Å². The Morgan fingerprint density at radius 3 is 2.72 bits per heavy atom. The number of imidazole rings is 1. The smallest absolute Gasteiger partial charge is 0.337 e. The molecular formula is C29H30N4O3. The van der Waals surface area contributed by atoms with Gasteiger partial charge in [-0.3, -0.25) is 4.79 Å². The van der Waals surface area contributed by atoms with Gasteiger partial charge >= 0.3 is 5.97 Å². The van der Waals surface area contributed by atoms with Crippen LogP contribution in [0.1, 0.15) is 64.3 Å². The van der Waals surface area contributed by atoms with Crippen LogP contribution in [0.3, 0.4) is 0 Å². The molecule has 0 bridgehead atoms. The summed E-state index contributed by atoms with van der Waals surface area (Å²) in [6.45, 7) is 3.71. The number of nitrogens with one attached hydrogen (secondary N) is 1. The van der Waals surface area contributed by atoms with E-state index in [-0.39, 0.29) is 5.78 Å². The van der Waals surface area contributed by atoms with E-state index in [1.807, 2.05) is 0 Å². The zero-order chi connectivity index (χ0) is 24.4. The minimum atomic E-state index is -0.447. The molecule has 2 aromatic heterocycles. The van der Waals surface area contributed by atoms with Gasteiger partial charge in [0.15, 0.2) is 11.6 Å². The molecule has 2 fully saturated rings. The van der Waals surface area contributed by atoms with Gasteiger partial charge in [0.2, 0.25) is 0 Å². The summed E-state index contributed by atoms with van der Waals surface area (Å²) in [5, 5.41) is 4.76. The molecule has 0 unspecified atom stereocenters. The summed E-state index contributed by atoms with van der Waals surface area (Å²) in [5.41, 5.74) is 6.34. The lowest BCUT2D eigenvalue weighted by atomic mass is 9.89. The fraction of sp³-hybridized carbons (Fsp3) is 0.414. The molecule has 0 radical (unpaired) electrons. The van der Waals surface area contributed by atoms with Crippen molar-refractivity contribution in [1.82, 2.24) is 19.4 Å². The van der Waals surface area contributed by atoms with Gasteiger partial charge in [0.25, 0.3) is 0 Å². The number of fused-ring (bicyclic) bond motifs is 1. The SMILES string of the molecule is COC(=O)c1cc2c3c(c1)nc(-c1cc4cccc(C5CCNCC5)c4n1CC1CC1)n3CCC2=O. The minimum absolute atomic E-state index is 0.0522. The predicted molar refractivity (Wildman–Crippen MR) is 139 cm³/mol. The van der Waals surface area contributed by atoms with Gasteiger partial charge in [-0.05, 0) is 74.4 Å². The first-order chi connectivity index (χ1) is 17.6. The molecule has 3 aliphatic rings. The van der Waals surface area contributed by atoms with Crippen molar-refractivity contribution in [1.29, 1.82) is 0 Å². The van der Waals surface area contributed by atoms with Gasteiger partial charge in [-0.1, -0.05) is 18.2 Å². The van der Waals surface area contributed by atoms with Crippen molar-refractivity contribution in [2.75, 3.05) is 20.2 Å². The molecule has 1 aliphatic carbocycles. The Labute approximate surface area is 209 Å². The molecule has 2 aliphatic heterocycles. The molecule has 7 heteroatoms. The number of aryl methyl sites for hydroxylation is 1. The highest BCUT2D eigenvalue weighted by atomic mass is 16.5. The number of methoxy groups -OCH3 is 1. The molecule has 1 N–H and O–H groups in total. The standard InChI is InChI=1S/C29H30N4O3/c1-36-29(35)20-13-22-25(34)9-12-32-27(22)23(14-20)31-28(32)24-15-19-3-2-4-21(18-7-10-30-11-8-18)26(19)33(24)16-17-5-6-17/h2-4,13-15,17-18,30H,5-12,16H2,1H3. The van der Waals surface area contributed by atoms with Gasteiger partial charge in [-0.25, -0.2) is 9.78 Å². The van der Waals surface area contributed by atoms with Gasteiger partial charge in [0.05, 0.1) is 34.9 Å². The lowest BCUT2D eigenvalue weighted by molar-refractivity contribution is 0.0601. The number of para-hydroxylation sites is 1. The van der Waals surface area contributed by atoms with Gasteiger partial charge in [-0.15, -0.1) is 0 Å². The zero-order valence-electron chi connectivity index (χ0n) is 20.5. The summed E-state index contributed by atoms with van der Waals surface area (Å²) in [6, 6.07) is 12.4. The van der Waals surface area contributed by atoms with Crippen molar-refractivity contribution < 1.29 is 14.3 Å². The summed E-state index contributed by atoms with van der Waals surface area (Å²) < 4.78 is 9.64. The van der Waals surface area contributed by atoms with E-state index in [9.17, 15) is 9.59 Å². The van der Waals surface area contributed by atoms with Gasteiger partial charge in [0, 0.05) is 30.5 Å². The van der Waals surface area contributed by atoms with E-state index in [0.29, 0.717) is 41.4 Å². The molecule has 4 heterocycles. The number of esters is 1. The Morgan fingerprint density at radius 2 is 1.94 bits per heavy atom. The lowest BCUT2D eigenvalue weighted by Gasteiger charge is -2.25. The molecule has 36 heavy (non-hydrogen) atoms. The van der Waals surface area contributed by atoms with Crippen LogP contribution >= 0.6 is 0 Å². The number of nitrogens with zero attached hydrogens (tertiary/aromatic N) is 3. The van der Waals surface area contributed by atoms with E-state index >= 15 is 0 Å². The van der Waals surface area contributed by atoms with Gasteiger partial charge in [-0.2, -0.15) is 0 Å². The zero-order valence-corrected chi connectivity index (χ0v) is 20.5. The molecule has 7 nitrogen and oxygen atoms in total. The number of hydrogen-bond acceptors (Lipinski definition) is 5. The first-order valence-electron chi connectivity index (χ1n) is 13.1. The second-order valence-corrected chi connectivity index (χ2v) is 10.5. The second-order valence-electron chi connectivity index (χ2n) is 10.5. The highest BCUT2D eigenvalue weighted by molar-refractivity contribution is 6.11. The summed E-state index contributed by atoms with van der Waals surface area (Å²) in [7, 11) is 1.36. The van der Waals surface area contributed by atoms with Crippen LogP contribution in [0, 0.1) is 5.92 Å². The van der Waals surface area contributed by atoms with Crippen LogP contribution < -0.4 is 5.32 Å². The van der Waals surface area contributed by atoms with Crippen molar-refractivity contribution in [3.05, 3.63) is 53.1 Å². The maximum Gasteiger partial charge on any atom is 0.337 e. The molecule has 0 atom stereocenters. The van der Waals surface area contributed by atoms with E-state index in [1.165, 1.54) is 36.4 Å². The molecule has 4 aromatic rings. The monoisotopic (exact) mass is 482 g/mol. The molecule has 0 spiro atoms. The Kier molecular flexibility index (Phi) is 5.03. The minimum Gasteiger partial charge on any atom is -0.465 e. The molecule has 7 rings (SSSR count). The first kappa shape index (κ1) is 21.8. The number of hydrogen-bond donors (Lipinski definition) is 1. The normalized spacial score (nSPS) is 18.3. The van der Waals surface area contributed by atoms with Crippen molar-refractivity contribution in [2.24, 2.45) is 5.92 Å². The van der Waals surface area contributed by atoms with Crippen LogP contribution in [0.4, 0.5) is 0 Å². The largest absolute Gasteiger partial charge is 0.465 e. The van der Waals surface area contributed by atoms with Crippen LogP contribution in [0.5, 0.6) is 0 Å². The fourth-order valence-corrected chi connectivity index (χ4v) is 6.23. The predicted octanol–water partition coefficient (Wildman–Crippen LogP) is 4.91. The Bertz CT molecular complexity index is 1540. The lowest BCUT2D eigenvalue weighted by Crippen LogP contribution is -2.27. The molecule has 0 amide bonds. The Morgan fingerprint density at radius 1 is 1.11 bits per heavy atom. The number of rotatable bonds is 5. The summed E-state index contributed by atoms with van der Waals surface area (Å²) in [6.07, 6.45) is 5.25. The molecule has 2 aromatic carbocycles. The van der Waals surface area contributed by atoms with Crippen molar-refractivity contribution >= 4 is 33.7 Å². The maximum absolute atomic E-state index is 12.9. The second kappa shape index (κ2) is 8.30. The van der Waals surface area contributed by atoms with Crippen LogP contribution in [-0.4, -0.2) is 46.1 Å². The van der Waals surface area contributed by atoms with E-state index in [0.717, 1.165) is 49.5 Å². The van der Waals surface area contributed by atoms with Crippen LogP contribution in [0.25, 0.3) is 33.5 Å². The van der Waals surface area contributed by atoms with E-state index < -0.39 is 5.97 Å². The third-order valence-electron chi connectivity index (χ3n) is 8.22. The van der Waals surface area contributed by atoms with Crippen LogP contribution in [-0.2, 0) is 17.8 Å². The highest BCUT2D eigenvalue weighted by Crippen LogP contribution is 2.41. The number of ketones is 1. The molecule has 1 saturated carbocycles. The number of Topliss-reactive ketones (excluding diaryl/α,β-unsaturated/α-hetero) is 1. The Hall–Kier alpha value is -3.45. The van der Waals surface area contributed by atoms with Crippen LogP contribution in [0.15, 0.2) is 36.4 Å². The first-order valence-corrected chi connectivity index (χ1v) is 13.1. The number of piperidine rings is 1. The number of aromatic nitrogens is 3. The van der Waals surface area contributed by atoms with Crippen LogP contribution in [0.2, 0.25) is 0 Å². The molecular weight excluding hydrogens is 452 g/mol. The third kappa shape index (κ3) is 3.40.